The van der Waals surface area contributed by atoms with Gasteiger partial charge in [0.15, 0.2) is 0 Å². The first-order valence-corrected chi connectivity index (χ1v) is 6.70. The Hall–Kier alpha value is -0.860. The zero-order chi connectivity index (χ0) is 12.1. The van der Waals surface area contributed by atoms with Crippen LogP contribution in [0.2, 0.25) is 0 Å². The van der Waals surface area contributed by atoms with Crippen molar-refractivity contribution in [3.63, 3.8) is 0 Å². The highest BCUT2D eigenvalue weighted by Gasteiger charge is 2.22. The van der Waals surface area contributed by atoms with E-state index in [-0.39, 0.29) is 6.61 Å². The molecule has 0 aromatic heterocycles. The molecule has 0 heterocycles. The molecule has 0 aliphatic heterocycles. The summed E-state index contributed by atoms with van der Waals surface area (Å²) in [5.74, 6) is 0. The number of nitrogens with zero attached hydrogens (tertiary/aromatic N) is 1. The Labute approximate surface area is 104 Å². The van der Waals surface area contributed by atoms with Crippen molar-refractivity contribution in [2.75, 3.05) is 13.2 Å². The van der Waals surface area contributed by atoms with Crippen molar-refractivity contribution >= 4 is 0 Å². The van der Waals surface area contributed by atoms with E-state index in [9.17, 15) is 5.11 Å². The zero-order valence-electron chi connectivity index (χ0n) is 10.7. The maximum absolute atomic E-state index is 9.20. The summed E-state index contributed by atoms with van der Waals surface area (Å²) in [6.07, 6.45) is 5.29. The quantitative estimate of drug-likeness (QED) is 0.845. The summed E-state index contributed by atoms with van der Waals surface area (Å²) in [5, 5.41) is 9.20. The Morgan fingerprint density at radius 2 is 1.94 bits per heavy atom. The molecule has 0 spiro atoms. The van der Waals surface area contributed by atoms with Gasteiger partial charge in [-0.15, -0.1) is 0 Å². The number of hydrogen-bond donors (Lipinski definition) is 1. The molecule has 94 valence electrons. The van der Waals surface area contributed by atoms with Crippen LogP contribution in [0.15, 0.2) is 24.3 Å². The molecule has 0 atom stereocenters. The van der Waals surface area contributed by atoms with Gasteiger partial charge in [0.2, 0.25) is 0 Å². The van der Waals surface area contributed by atoms with Crippen LogP contribution < -0.4 is 0 Å². The van der Waals surface area contributed by atoms with Gasteiger partial charge in [0.25, 0.3) is 0 Å². The molecule has 0 radical (unpaired) electrons. The summed E-state index contributed by atoms with van der Waals surface area (Å²) in [7, 11) is 0. The van der Waals surface area contributed by atoms with Gasteiger partial charge in [-0.2, -0.15) is 0 Å². The summed E-state index contributed by atoms with van der Waals surface area (Å²) in [6, 6.07) is 9.25. The molecule has 0 amide bonds. The van der Waals surface area contributed by atoms with Crippen LogP contribution in [-0.4, -0.2) is 29.2 Å². The molecule has 1 saturated carbocycles. The lowest BCUT2D eigenvalue weighted by molar-refractivity contribution is 0.144. The maximum atomic E-state index is 9.20. The Bertz CT molecular complexity index is 345. The van der Waals surface area contributed by atoms with Crippen molar-refractivity contribution in [3.05, 3.63) is 35.4 Å². The number of aliphatic hydroxyl groups is 1. The number of aliphatic hydroxyl groups excluding tert-OH is 1. The Kier molecular flexibility index (Phi) is 4.57. The van der Waals surface area contributed by atoms with Gasteiger partial charge in [-0.3, -0.25) is 4.90 Å². The van der Waals surface area contributed by atoms with E-state index in [0.717, 1.165) is 13.1 Å². The van der Waals surface area contributed by atoms with Gasteiger partial charge in [0, 0.05) is 19.1 Å². The average molecular weight is 233 g/mol. The second kappa shape index (κ2) is 6.18. The lowest BCUT2D eigenvalue weighted by Gasteiger charge is -2.28. The molecule has 1 fully saturated rings. The zero-order valence-corrected chi connectivity index (χ0v) is 10.7. The van der Waals surface area contributed by atoms with Crippen molar-refractivity contribution in [2.45, 2.75) is 45.2 Å². The van der Waals surface area contributed by atoms with E-state index in [1.54, 1.807) is 0 Å². The molecule has 2 heteroatoms. The third-order valence-corrected chi connectivity index (χ3v) is 3.86. The van der Waals surface area contributed by atoms with E-state index in [2.05, 4.69) is 36.1 Å². The van der Waals surface area contributed by atoms with Crippen LogP contribution in [0, 0.1) is 6.92 Å². The Balaban J connectivity index is 2.04. The molecule has 17 heavy (non-hydrogen) atoms. The van der Waals surface area contributed by atoms with E-state index in [0.29, 0.717) is 6.04 Å². The summed E-state index contributed by atoms with van der Waals surface area (Å²) in [4.78, 5) is 2.45. The van der Waals surface area contributed by atoms with Crippen molar-refractivity contribution in [1.82, 2.24) is 4.90 Å². The van der Waals surface area contributed by atoms with Crippen LogP contribution in [0.4, 0.5) is 0 Å². The van der Waals surface area contributed by atoms with Crippen molar-refractivity contribution < 1.29 is 5.11 Å². The van der Waals surface area contributed by atoms with Crippen LogP contribution in [0.25, 0.3) is 0 Å². The summed E-state index contributed by atoms with van der Waals surface area (Å²) < 4.78 is 0. The van der Waals surface area contributed by atoms with Gasteiger partial charge >= 0.3 is 0 Å². The molecule has 0 unspecified atom stereocenters. The second-order valence-electron chi connectivity index (χ2n) is 5.06. The number of hydrogen-bond acceptors (Lipinski definition) is 2. The van der Waals surface area contributed by atoms with Crippen molar-refractivity contribution in [3.8, 4) is 0 Å². The molecule has 1 aromatic carbocycles. The number of rotatable bonds is 5. The van der Waals surface area contributed by atoms with E-state index in [1.807, 2.05) is 0 Å². The van der Waals surface area contributed by atoms with Crippen LogP contribution in [0.1, 0.15) is 36.8 Å². The molecular formula is C15H23NO. The van der Waals surface area contributed by atoms with Gasteiger partial charge in [-0.1, -0.05) is 37.1 Å². The molecule has 1 aromatic rings. The predicted octanol–water partition coefficient (Wildman–Crippen LogP) is 2.73. The summed E-state index contributed by atoms with van der Waals surface area (Å²) >= 11 is 0. The molecule has 0 saturated heterocycles. The topological polar surface area (TPSA) is 23.5 Å². The smallest absolute Gasteiger partial charge is 0.0558 e. The van der Waals surface area contributed by atoms with Gasteiger partial charge in [-0.05, 0) is 30.9 Å². The van der Waals surface area contributed by atoms with Crippen LogP contribution in [0.5, 0.6) is 0 Å². The Morgan fingerprint density at radius 3 is 2.59 bits per heavy atom. The largest absolute Gasteiger partial charge is 0.395 e. The first-order chi connectivity index (χ1) is 8.31. The van der Waals surface area contributed by atoms with Gasteiger partial charge in [-0.25, -0.2) is 0 Å². The van der Waals surface area contributed by atoms with Crippen LogP contribution in [0.3, 0.4) is 0 Å². The third-order valence-electron chi connectivity index (χ3n) is 3.86. The Morgan fingerprint density at radius 1 is 1.24 bits per heavy atom. The van der Waals surface area contributed by atoms with Gasteiger partial charge in [0.1, 0.15) is 0 Å². The SMILES string of the molecule is Cc1ccccc1CN(CCO)C1CCCC1. The molecular weight excluding hydrogens is 210 g/mol. The molecule has 0 bridgehead atoms. The lowest BCUT2D eigenvalue weighted by atomic mass is 10.1. The molecule has 1 aliphatic carbocycles. The summed E-state index contributed by atoms with van der Waals surface area (Å²) in [5.41, 5.74) is 2.75. The minimum Gasteiger partial charge on any atom is -0.395 e. The van der Waals surface area contributed by atoms with E-state index >= 15 is 0 Å². The molecule has 1 aliphatic rings. The van der Waals surface area contributed by atoms with E-state index < -0.39 is 0 Å². The highest BCUT2D eigenvalue weighted by molar-refractivity contribution is 5.25. The van der Waals surface area contributed by atoms with Crippen molar-refractivity contribution in [1.29, 1.82) is 0 Å². The highest BCUT2D eigenvalue weighted by atomic mass is 16.3. The third kappa shape index (κ3) is 3.30. The normalized spacial score (nSPS) is 16.9. The fraction of sp³-hybridized carbons (Fsp3) is 0.600. The van der Waals surface area contributed by atoms with Crippen molar-refractivity contribution in [2.24, 2.45) is 0 Å². The first-order valence-electron chi connectivity index (χ1n) is 6.70. The summed E-state index contributed by atoms with van der Waals surface area (Å²) in [6.45, 7) is 4.22. The fourth-order valence-electron chi connectivity index (χ4n) is 2.79. The minimum absolute atomic E-state index is 0.266. The highest BCUT2D eigenvalue weighted by Crippen LogP contribution is 2.25. The molecule has 2 rings (SSSR count). The number of aryl methyl sites for hydroxylation is 1. The second-order valence-corrected chi connectivity index (χ2v) is 5.06. The molecule has 2 nitrogen and oxygen atoms in total. The lowest BCUT2D eigenvalue weighted by Crippen LogP contribution is -2.35. The fourth-order valence-corrected chi connectivity index (χ4v) is 2.79. The molecule has 1 N–H and O–H groups in total. The minimum atomic E-state index is 0.266. The van der Waals surface area contributed by atoms with E-state index in [4.69, 9.17) is 0 Å². The maximum Gasteiger partial charge on any atom is 0.0558 e. The van der Waals surface area contributed by atoms with Gasteiger partial charge in [0.05, 0.1) is 6.61 Å². The number of benzene rings is 1. The van der Waals surface area contributed by atoms with Gasteiger partial charge < -0.3 is 5.11 Å². The first kappa shape index (κ1) is 12.6. The van der Waals surface area contributed by atoms with Crippen LogP contribution >= 0.6 is 0 Å². The monoisotopic (exact) mass is 233 g/mol. The predicted molar refractivity (Wildman–Crippen MR) is 70.9 cm³/mol. The van der Waals surface area contributed by atoms with Crippen LogP contribution in [-0.2, 0) is 6.54 Å². The van der Waals surface area contributed by atoms with E-state index in [1.165, 1.54) is 36.8 Å². The standard InChI is InChI=1S/C15H23NO/c1-13-6-2-3-7-14(13)12-16(10-11-17)15-8-4-5-9-15/h2-3,6-7,15,17H,4-5,8-12H2,1H3. The average Bonchev–Trinajstić information content (AvgIpc) is 2.85.